The topological polar surface area (TPSA) is 83.0 Å². The summed E-state index contributed by atoms with van der Waals surface area (Å²) in [4.78, 5) is 11.2. The van der Waals surface area contributed by atoms with E-state index < -0.39 is 17.5 Å². The zero-order valence-corrected chi connectivity index (χ0v) is 16.0. The molecular formula is C18H22ClF3N4O2. The minimum absolute atomic E-state index is 0. The molecule has 0 unspecified atom stereocenters. The van der Waals surface area contributed by atoms with Gasteiger partial charge in [0.15, 0.2) is 0 Å². The maximum Gasteiger partial charge on any atom is 0.434 e. The van der Waals surface area contributed by atoms with Crippen LogP contribution in [0.15, 0.2) is 27.4 Å². The molecule has 0 radical (unpaired) electrons. The summed E-state index contributed by atoms with van der Waals surface area (Å²) in [5.74, 6) is 0.506. The monoisotopic (exact) mass is 418 g/mol. The Bertz CT molecular complexity index is 866. The van der Waals surface area contributed by atoms with Gasteiger partial charge in [0.25, 0.3) is 0 Å². The van der Waals surface area contributed by atoms with Crippen LogP contribution in [-0.4, -0.2) is 29.3 Å². The Morgan fingerprint density at radius 1 is 1.25 bits per heavy atom. The number of H-pyrrole nitrogens is 1. The molecule has 3 atom stereocenters. The summed E-state index contributed by atoms with van der Waals surface area (Å²) < 4.78 is 45.4. The van der Waals surface area contributed by atoms with Gasteiger partial charge in [-0.1, -0.05) is 0 Å². The number of halogens is 4. The van der Waals surface area contributed by atoms with Crippen molar-refractivity contribution < 1.29 is 17.6 Å². The normalized spacial score (nSPS) is 25.2. The molecule has 1 saturated heterocycles. The SMILES string of the molecule is C[C@H](Nc1cc(-c2n[nH]c(=O)o2)ccc1C(F)(F)F)C1[C@@H]2CC[C@@H]1CNC2.Cl. The number of piperidine rings is 1. The number of alkyl halides is 3. The Hall–Kier alpha value is -2.00. The van der Waals surface area contributed by atoms with Crippen LogP contribution in [0.5, 0.6) is 0 Å². The maximum atomic E-state index is 13.5. The number of aromatic nitrogens is 2. The second-order valence-corrected chi connectivity index (χ2v) is 7.44. The molecule has 0 spiro atoms. The summed E-state index contributed by atoms with van der Waals surface area (Å²) in [7, 11) is 0. The quantitative estimate of drug-likeness (QED) is 0.707. The molecule has 1 aliphatic carbocycles. The van der Waals surface area contributed by atoms with E-state index in [9.17, 15) is 18.0 Å². The van der Waals surface area contributed by atoms with Gasteiger partial charge in [-0.2, -0.15) is 13.2 Å². The Balaban J connectivity index is 0.00000225. The van der Waals surface area contributed by atoms with Crippen molar-refractivity contribution in [3.63, 3.8) is 0 Å². The lowest BCUT2D eigenvalue weighted by Crippen LogP contribution is -2.45. The highest BCUT2D eigenvalue weighted by Crippen LogP contribution is 2.43. The smallest absolute Gasteiger partial charge is 0.388 e. The lowest BCUT2D eigenvalue weighted by atomic mass is 9.81. The van der Waals surface area contributed by atoms with E-state index in [0.717, 1.165) is 32.0 Å². The average molecular weight is 419 g/mol. The van der Waals surface area contributed by atoms with Gasteiger partial charge >= 0.3 is 11.9 Å². The summed E-state index contributed by atoms with van der Waals surface area (Å²) in [5, 5.41) is 12.3. The first-order valence-corrected chi connectivity index (χ1v) is 9.07. The number of fused-ring (bicyclic) bond motifs is 2. The van der Waals surface area contributed by atoms with Crippen molar-refractivity contribution in [2.75, 3.05) is 18.4 Å². The highest BCUT2D eigenvalue weighted by Gasteiger charge is 2.42. The van der Waals surface area contributed by atoms with E-state index in [-0.39, 0.29) is 30.0 Å². The molecular weight excluding hydrogens is 397 g/mol. The van der Waals surface area contributed by atoms with Crippen LogP contribution in [0.2, 0.25) is 0 Å². The number of benzene rings is 1. The molecule has 2 aliphatic rings. The van der Waals surface area contributed by atoms with E-state index in [1.807, 2.05) is 6.92 Å². The highest BCUT2D eigenvalue weighted by molar-refractivity contribution is 5.85. The molecule has 1 saturated carbocycles. The second kappa shape index (κ2) is 7.79. The summed E-state index contributed by atoms with van der Waals surface area (Å²) in [6.07, 6.45) is -2.27. The molecule has 10 heteroatoms. The van der Waals surface area contributed by atoms with E-state index in [4.69, 9.17) is 4.42 Å². The van der Waals surface area contributed by atoms with E-state index in [0.29, 0.717) is 23.3 Å². The van der Waals surface area contributed by atoms with Crippen molar-refractivity contribution in [1.82, 2.24) is 15.5 Å². The number of hydrogen-bond acceptors (Lipinski definition) is 5. The van der Waals surface area contributed by atoms with E-state index in [1.165, 1.54) is 12.1 Å². The first-order chi connectivity index (χ1) is 12.8. The van der Waals surface area contributed by atoms with Crippen LogP contribution >= 0.6 is 12.4 Å². The molecule has 1 aromatic carbocycles. The molecule has 4 rings (SSSR count). The van der Waals surface area contributed by atoms with Crippen LogP contribution in [0.4, 0.5) is 18.9 Å². The Morgan fingerprint density at radius 3 is 2.50 bits per heavy atom. The van der Waals surface area contributed by atoms with Gasteiger partial charge in [-0.25, -0.2) is 9.89 Å². The molecule has 6 nitrogen and oxygen atoms in total. The van der Waals surface area contributed by atoms with Gasteiger partial charge in [0.05, 0.1) is 5.56 Å². The molecule has 154 valence electrons. The van der Waals surface area contributed by atoms with Crippen LogP contribution in [0, 0.1) is 17.8 Å². The summed E-state index contributed by atoms with van der Waals surface area (Å²) >= 11 is 0. The zero-order valence-electron chi connectivity index (χ0n) is 15.2. The predicted octanol–water partition coefficient (Wildman–Crippen LogP) is 3.52. The second-order valence-electron chi connectivity index (χ2n) is 7.44. The highest BCUT2D eigenvalue weighted by atomic mass is 35.5. The summed E-state index contributed by atoms with van der Waals surface area (Å²) in [6, 6.07) is 3.50. The van der Waals surface area contributed by atoms with E-state index in [2.05, 4.69) is 20.8 Å². The first-order valence-electron chi connectivity index (χ1n) is 9.07. The van der Waals surface area contributed by atoms with Crippen molar-refractivity contribution >= 4 is 18.1 Å². The number of anilines is 1. The molecule has 1 aromatic heterocycles. The van der Waals surface area contributed by atoms with Crippen LogP contribution in [0.25, 0.3) is 11.5 Å². The van der Waals surface area contributed by atoms with Crippen molar-refractivity contribution in [1.29, 1.82) is 0 Å². The average Bonchev–Trinajstić information content (AvgIpc) is 3.14. The minimum atomic E-state index is -4.49. The molecule has 28 heavy (non-hydrogen) atoms. The van der Waals surface area contributed by atoms with Crippen molar-refractivity contribution in [3.05, 3.63) is 34.3 Å². The Labute approximate surface area is 165 Å². The molecule has 1 aliphatic heterocycles. The first kappa shape index (κ1) is 20.7. The molecule has 2 bridgehead atoms. The number of rotatable bonds is 4. The molecule has 0 amide bonds. The van der Waals surface area contributed by atoms with Crippen LogP contribution in [0.1, 0.15) is 25.3 Å². The summed E-state index contributed by atoms with van der Waals surface area (Å²) in [6.45, 7) is 3.78. The molecule has 3 N–H and O–H groups in total. The third-order valence-electron chi connectivity index (χ3n) is 5.78. The van der Waals surface area contributed by atoms with Gasteiger partial charge in [-0.05, 0) is 68.8 Å². The number of nitrogens with zero attached hydrogens (tertiary/aromatic N) is 1. The maximum absolute atomic E-state index is 13.5. The van der Waals surface area contributed by atoms with Gasteiger partial charge in [0.1, 0.15) is 0 Å². The molecule has 2 heterocycles. The van der Waals surface area contributed by atoms with Crippen LogP contribution < -0.4 is 16.4 Å². The van der Waals surface area contributed by atoms with Crippen molar-refractivity contribution in [2.45, 2.75) is 32.0 Å². The molecule has 2 fully saturated rings. The zero-order chi connectivity index (χ0) is 19.2. The van der Waals surface area contributed by atoms with Gasteiger partial charge in [0.2, 0.25) is 5.89 Å². The van der Waals surface area contributed by atoms with E-state index >= 15 is 0 Å². The van der Waals surface area contributed by atoms with Gasteiger partial charge < -0.3 is 15.1 Å². The molecule has 2 aromatic rings. The third kappa shape index (κ3) is 3.91. The van der Waals surface area contributed by atoms with Crippen LogP contribution in [-0.2, 0) is 6.18 Å². The Morgan fingerprint density at radius 2 is 1.93 bits per heavy atom. The fraction of sp³-hybridized carbons (Fsp3) is 0.556. The van der Waals surface area contributed by atoms with Gasteiger partial charge in [0, 0.05) is 17.3 Å². The fourth-order valence-electron chi connectivity index (χ4n) is 4.68. The van der Waals surface area contributed by atoms with E-state index in [1.54, 1.807) is 0 Å². The lowest BCUT2D eigenvalue weighted by molar-refractivity contribution is -0.137. The van der Waals surface area contributed by atoms with Crippen LogP contribution in [0.3, 0.4) is 0 Å². The van der Waals surface area contributed by atoms with Crippen molar-refractivity contribution in [3.8, 4) is 11.5 Å². The largest absolute Gasteiger partial charge is 0.434 e. The fourth-order valence-corrected chi connectivity index (χ4v) is 4.68. The lowest BCUT2D eigenvalue weighted by Gasteiger charge is -2.36. The third-order valence-corrected chi connectivity index (χ3v) is 5.78. The standard InChI is InChI=1S/C18H21F3N4O2.ClH/c1-9(15-11-2-3-12(15)8-22-7-11)23-14-6-10(16-24-25-17(26)27-16)4-5-13(14)18(19,20)21;/h4-6,9,11-12,15,22-23H,2-3,7-8H2,1H3,(H,25,26);1H/t9-,11+,12+;/m0./s1. The number of nitrogens with one attached hydrogen (secondary N) is 3. The number of aromatic amines is 1. The number of hydrogen-bond donors (Lipinski definition) is 3. The van der Waals surface area contributed by atoms with Gasteiger partial charge in [-0.3, -0.25) is 0 Å². The van der Waals surface area contributed by atoms with Gasteiger partial charge in [-0.15, -0.1) is 17.5 Å². The Kier molecular flexibility index (Phi) is 5.77. The predicted molar refractivity (Wildman–Crippen MR) is 100 cm³/mol. The minimum Gasteiger partial charge on any atom is -0.388 e. The summed E-state index contributed by atoms with van der Waals surface area (Å²) in [5.41, 5.74) is -0.447. The van der Waals surface area contributed by atoms with Crippen molar-refractivity contribution in [2.24, 2.45) is 17.8 Å².